The van der Waals surface area contributed by atoms with E-state index in [1.54, 1.807) is 0 Å². The van der Waals surface area contributed by atoms with E-state index in [-0.39, 0.29) is 11.5 Å². The minimum absolute atomic E-state index is 0.0113. The van der Waals surface area contributed by atoms with Crippen LogP contribution in [0.4, 0.5) is 0 Å². The first-order valence-electron chi connectivity index (χ1n) is 8.88. The number of nitrogens with one attached hydrogen (secondary N) is 1. The van der Waals surface area contributed by atoms with Crippen molar-refractivity contribution in [1.82, 2.24) is 14.8 Å². The maximum Gasteiger partial charge on any atom is 0.208 e. The fraction of sp³-hybridized carbons (Fsp3) is 0.824. The summed E-state index contributed by atoms with van der Waals surface area (Å²) in [6, 6.07) is 2.08. The van der Waals surface area contributed by atoms with E-state index in [2.05, 4.69) is 34.7 Å². The standard InChI is InChI=1S/C17H29N3O3S/c1-17(2)13(10-16(17)19-24(3,21)22)9-14-11-15(23-18-14)12-20-7-5-4-6-8-20/h11,13,16,19H,4-10,12H2,1-3H3/t13-,16+/m1/s1. The minimum atomic E-state index is -3.15. The Bertz CT molecular complexity index is 662. The number of likely N-dealkylation sites (tertiary alicyclic amines) is 1. The summed E-state index contributed by atoms with van der Waals surface area (Å²) in [4.78, 5) is 2.42. The largest absolute Gasteiger partial charge is 0.360 e. The van der Waals surface area contributed by atoms with Crippen LogP contribution in [0.1, 0.15) is 51.0 Å². The lowest BCUT2D eigenvalue weighted by atomic mass is 9.57. The minimum Gasteiger partial charge on any atom is -0.360 e. The lowest BCUT2D eigenvalue weighted by molar-refractivity contribution is 0.0271. The highest BCUT2D eigenvalue weighted by molar-refractivity contribution is 7.88. The van der Waals surface area contributed by atoms with E-state index in [1.807, 2.05) is 0 Å². The van der Waals surface area contributed by atoms with Crippen molar-refractivity contribution in [2.45, 2.75) is 58.5 Å². The van der Waals surface area contributed by atoms with Gasteiger partial charge in [0.1, 0.15) is 0 Å². The molecule has 1 saturated heterocycles. The molecule has 0 bridgehead atoms. The summed E-state index contributed by atoms with van der Waals surface area (Å²) in [5.41, 5.74) is 0.924. The van der Waals surface area contributed by atoms with Crippen molar-refractivity contribution in [2.75, 3.05) is 19.3 Å². The van der Waals surface area contributed by atoms with Gasteiger partial charge in [-0.05, 0) is 50.1 Å². The van der Waals surface area contributed by atoms with E-state index in [0.717, 1.165) is 43.9 Å². The summed E-state index contributed by atoms with van der Waals surface area (Å²) in [6.45, 7) is 7.38. The molecule has 0 amide bonds. The van der Waals surface area contributed by atoms with Crippen LogP contribution < -0.4 is 4.72 Å². The predicted octanol–water partition coefficient (Wildman–Crippen LogP) is 2.17. The monoisotopic (exact) mass is 355 g/mol. The molecule has 1 aliphatic carbocycles. The van der Waals surface area contributed by atoms with Gasteiger partial charge in [0.05, 0.1) is 18.5 Å². The molecule has 136 valence electrons. The molecule has 3 rings (SSSR count). The summed E-state index contributed by atoms with van der Waals surface area (Å²) >= 11 is 0. The van der Waals surface area contributed by atoms with E-state index in [1.165, 1.54) is 25.5 Å². The van der Waals surface area contributed by atoms with Crippen molar-refractivity contribution in [2.24, 2.45) is 11.3 Å². The Balaban J connectivity index is 1.54. The van der Waals surface area contributed by atoms with Crippen molar-refractivity contribution < 1.29 is 12.9 Å². The average Bonchev–Trinajstić information content (AvgIpc) is 2.93. The third-order valence-corrected chi connectivity index (χ3v) is 6.43. The maximum absolute atomic E-state index is 11.4. The molecule has 1 N–H and O–H groups in total. The Hall–Kier alpha value is -0.920. The fourth-order valence-electron chi connectivity index (χ4n) is 3.94. The van der Waals surface area contributed by atoms with E-state index >= 15 is 0 Å². The van der Waals surface area contributed by atoms with Gasteiger partial charge in [-0.25, -0.2) is 13.1 Å². The van der Waals surface area contributed by atoms with E-state index in [4.69, 9.17) is 4.52 Å². The zero-order valence-corrected chi connectivity index (χ0v) is 15.7. The maximum atomic E-state index is 11.4. The van der Waals surface area contributed by atoms with Gasteiger partial charge in [-0.15, -0.1) is 0 Å². The number of sulfonamides is 1. The van der Waals surface area contributed by atoms with Crippen LogP contribution in [0.15, 0.2) is 10.6 Å². The molecule has 2 aliphatic rings. The van der Waals surface area contributed by atoms with Crippen LogP contribution in [0, 0.1) is 11.3 Å². The van der Waals surface area contributed by atoms with Crippen LogP contribution in [-0.2, 0) is 23.0 Å². The smallest absolute Gasteiger partial charge is 0.208 e. The van der Waals surface area contributed by atoms with Gasteiger partial charge in [0, 0.05) is 12.1 Å². The normalized spacial score (nSPS) is 27.8. The van der Waals surface area contributed by atoms with Crippen LogP contribution in [0.2, 0.25) is 0 Å². The van der Waals surface area contributed by atoms with E-state index in [9.17, 15) is 8.42 Å². The van der Waals surface area contributed by atoms with Crippen LogP contribution in [0.3, 0.4) is 0 Å². The van der Waals surface area contributed by atoms with Gasteiger partial charge in [0.25, 0.3) is 0 Å². The highest BCUT2D eigenvalue weighted by Gasteiger charge is 2.49. The summed E-state index contributed by atoms with van der Waals surface area (Å²) in [7, 11) is -3.15. The second-order valence-electron chi connectivity index (χ2n) is 8.02. The molecule has 1 saturated carbocycles. The summed E-state index contributed by atoms with van der Waals surface area (Å²) in [6.07, 6.45) is 6.79. The molecule has 0 spiro atoms. The molecule has 0 radical (unpaired) electrons. The lowest BCUT2D eigenvalue weighted by Gasteiger charge is -2.52. The van der Waals surface area contributed by atoms with Crippen LogP contribution in [-0.4, -0.2) is 43.9 Å². The van der Waals surface area contributed by atoms with E-state index < -0.39 is 10.0 Å². The Morgan fingerprint density at radius 2 is 2.04 bits per heavy atom. The van der Waals surface area contributed by atoms with Crippen LogP contribution >= 0.6 is 0 Å². The van der Waals surface area contributed by atoms with Gasteiger partial charge in [0.2, 0.25) is 10.0 Å². The molecule has 0 aromatic carbocycles. The first-order valence-corrected chi connectivity index (χ1v) is 10.8. The number of piperidine rings is 1. The van der Waals surface area contributed by atoms with E-state index in [0.29, 0.717) is 5.92 Å². The van der Waals surface area contributed by atoms with Crippen molar-refractivity contribution in [3.8, 4) is 0 Å². The third kappa shape index (κ3) is 4.18. The molecule has 1 aliphatic heterocycles. The predicted molar refractivity (Wildman–Crippen MR) is 93.0 cm³/mol. The topological polar surface area (TPSA) is 75.4 Å². The number of rotatable bonds is 6. The molecule has 2 atom stereocenters. The number of nitrogens with zero attached hydrogens (tertiary/aromatic N) is 2. The molecular weight excluding hydrogens is 326 g/mol. The first kappa shape index (κ1) is 17.9. The van der Waals surface area contributed by atoms with Crippen molar-refractivity contribution >= 4 is 10.0 Å². The zero-order valence-electron chi connectivity index (χ0n) is 14.9. The number of hydrogen-bond acceptors (Lipinski definition) is 5. The second kappa shape index (κ2) is 6.77. The molecular formula is C17H29N3O3S. The van der Waals surface area contributed by atoms with Gasteiger partial charge >= 0.3 is 0 Å². The number of aromatic nitrogens is 1. The fourth-order valence-corrected chi connectivity index (χ4v) is 4.85. The van der Waals surface area contributed by atoms with Gasteiger partial charge in [0.15, 0.2) is 5.76 Å². The van der Waals surface area contributed by atoms with Gasteiger partial charge < -0.3 is 4.52 Å². The Morgan fingerprint density at radius 3 is 2.67 bits per heavy atom. The highest BCUT2D eigenvalue weighted by atomic mass is 32.2. The average molecular weight is 356 g/mol. The molecule has 2 fully saturated rings. The Labute approximate surface area is 145 Å². The molecule has 7 heteroatoms. The van der Waals surface area contributed by atoms with Crippen molar-refractivity contribution in [3.63, 3.8) is 0 Å². The van der Waals surface area contributed by atoms with Gasteiger partial charge in [-0.1, -0.05) is 25.4 Å². The highest BCUT2D eigenvalue weighted by Crippen LogP contribution is 2.48. The zero-order chi connectivity index (χ0) is 17.4. The van der Waals surface area contributed by atoms with Crippen molar-refractivity contribution in [1.29, 1.82) is 0 Å². The number of hydrogen-bond donors (Lipinski definition) is 1. The molecule has 0 unspecified atom stereocenters. The van der Waals surface area contributed by atoms with Crippen molar-refractivity contribution in [3.05, 3.63) is 17.5 Å². The molecule has 24 heavy (non-hydrogen) atoms. The van der Waals surface area contributed by atoms with Gasteiger partial charge in [-0.2, -0.15) is 0 Å². The molecule has 1 aromatic heterocycles. The van der Waals surface area contributed by atoms with Crippen LogP contribution in [0.25, 0.3) is 0 Å². The molecule has 2 heterocycles. The quantitative estimate of drug-likeness (QED) is 0.846. The second-order valence-corrected chi connectivity index (χ2v) is 9.80. The summed E-state index contributed by atoms with van der Waals surface area (Å²) in [5, 5.41) is 4.23. The summed E-state index contributed by atoms with van der Waals surface area (Å²) in [5.74, 6) is 1.36. The lowest BCUT2D eigenvalue weighted by Crippen LogP contribution is -2.58. The summed E-state index contributed by atoms with van der Waals surface area (Å²) < 4.78 is 31.1. The third-order valence-electron chi connectivity index (χ3n) is 5.72. The Kier molecular flexibility index (Phi) is 5.04. The first-order chi connectivity index (χ1) is 11.2. The SMILES string of the molecule is CC1(C)[C@H](Cc2cc(CN3CCCCC3)on2)C[C@@H]1NS(C)(=O)=O. The molecule has 6 nitrogen and oxygen atoms in total. The Morgan fingerprint density at radius 1 is 1.33 bits per heavy atom. The van der Waals surface area contributed by atoms with Gasteiger partial charge in [-0.3, -0.25) is 4.90 Å². The van der Waals surface area contributed by atoms with Crippen LogP contribution in [0.5, 0.6) is 0 Å². The molecule has 1 aromatic rings.